The number of halogens is 4. The summed E-state index contributed by atoms with van der Waals surface area (Å²) in [6.07, 6.45) is 1.70. The van der Waals surface area contributed by atoms with Crippen LogP contribution in [0.1, 0.15) is 31.7 Å². The molecule has 1 N–H and O–H groups in total. The van der Waals surface area contributed by atoms with Gasteiger partial charge in [-0.1, -0.05) is 29.3 Å². The Balaban J connectivity index is 1.62. The first kappa shape index (κ1) is 21.3. The number of benzene rings is 2. The number of oxazole rings is 1. The van der Waals surface area contributed by atoms with Gasteiger partial charge in [0.15, 0.2) is 11.7 Å². The molecule has 152 valence electrons. The third-order valence-corrected chi connectivity index (χ3v) is 5.15. The van der Waals surface area contributed by atoms with Crippen molar-refractivity contribution in [2.45, 2.75) is 32.2 Å². The minimum atomic E-state index is -0.742. The van der Waals surface area contributed by atoms with Crippen molar-refractivity contribution in [3.8, 4) is 11.3 Å². The standard InChI is InChI=1S/C21H18Cl2F2N2O2/c1-21(2,12-3-6-15(22)16(23)9-12)27-19(28)7-8-20-26-11-18(29-20)14-5-4-13(24)10-17(14)25/h3-6,9-11H,7-8H2,1-2H3,(H,27,28). The molecular weight excluding hydrogens is 421 g/mol. The number of nitrogens with one attached hydrogen (secondary N) is 1. The summed E-state index contributed by atoms with van der Waals surface area (Å²) in [4.78, 5) is 16.4. The lowest BCUT2D eigenvalue weighted by Gasteiger charge is -2.27. The van der Waals surface area contributed by atoms with Gasteiger partial charge in [-0.2, -0.15) is 0 Å². The fourth-order valence-corrected chi connectivity index (χ4v) is 3.13. The van der Waals surface area contributed by atoms with Crippen LogP contribution in [0.3, 0.4) is 0 Å². The summed E-state index contributed by atoms with van der Waals surface area (Å²) >= 11 is 12.0. The maximum absolute atomic E-state index is 13.9. The second-order valence-corrected chi connectivity index (χ2v) is 7.86. The molecule has 29 heavy (non-hydrogen) atoms. The van der Waals surface area contributed by atoms with Gasteiger partial charge in [0, 0.05) is 18.9 Å². The highest BCUT2D eigenvalue weighted by atomic mass is 35.5. The fraction of sp³-hybridized carbons (Fsp3) is 0.238. The molecule has 0 unspecified atom stereocenters. The highest BCUT2D eigenvalue weighted by Crippen LogP contribution is 2.29. The summed E-state index contributed by atoms with van der Waals surface area (Å²) in [6.45, 7) is 3.70. The van der Waals surface area contributed by atoms with Crippen LogP contribution in [0.25, 0.3) is 11.3 Å². The van der Waals surface area contributed by atoms with Gasteiger partial charge >= 0.3 is 0 Å². The third kappa shape index (κ3) is 5.14. The van der Waals surface area contributed by atoms with E-state index in [0.717, 1.165) is 17.7 Å². The van der Waals surface area contributed by atoms with Crippen molar-refractivity contribution < 1.29 is 18.0 Å². The van der Waals surface area contributed by atoms with E-state index in [2.05, 4.69) is 10.3 Å². The predicted molar refractivity (Wildman–Crippen MR) is 108 cm³/mol. The van der Waals surface area contributed by atoms with Gasteiger partial charge in [0.25, 0.3) is 0 Å². The molecule has 4 nitrogen and oxygen atoms in total. The van der Waals surface area contributed by atoms with Crippen LogP contribution < -0.4 is 5.32 Å². The van der Waals surface area contributed by atoms with Gasteiger partial charge in [0.1, 0.15) is 11.6 Å². The highest BCUT2D eigenvalue weighted by Gasteiger charge is 2.24. The Bertz CT molecular complexity index is 1050. The molecule has 0 aliphatic rings. The Morgan fingerprint density at radius 3 is 2.59 bits per heavy atom. The second kappa shape index (κ2) is 8.51. The molecule has 1 aromatic heterocycles. The number of carbonyl (C=O) groups excluding carboxylic acids is 1. The Morgan fingerprint density at radius 1 is 1.14 bits per heavy atom. The number of aromatic nitrogens is 1. The summed E-state index contributed by atoms with van der Waals surface area (Å²) in [5.41, 5.74) is 0.255. The lowest BCUT2D eigenvalue weighted by Crippen LogP contribution is -2.41. The SMILES string of the molecule is CC(C)(NC(=O)CCc1ncc(-c2ccc(F)cc2F)o1)c1ccc(Cl)c(Cl)c1. The van der Waals surface area contributed by atoms with E-state index in [1.807, 2.05) is 13.8 Å². The summed E-state index contributed by atoms with van der Waals surface area (Å²) < 4.78 is 32.4. The molecule has 1 amide bonds. The van der Waals surface area contributed by atoms with Crippen molar-refractivity contribution in [3.63, 3.8) is 0 Å². The molecule has 0 saturated carbocycles. The average molecular weight is 439 g/mol. The predicted octanol–water partition coefficient (Wildman–Crippen LogP) is 5.91. The first-order chi connectivity index (χ1) is 13.7. The molecule has 1 heterocycles. The lowest BCUT2D eigenvalue weighted by atomic mass is 9.94. The minimum Gasteiger partial charge on any atom is -0.441 e. The summed E-state index contributed by atoms with van der Waals surface area (Å²) in [7, 11) is 0. The quantitative estimate of drug-likeness (QED) is 0.520. The van der Waals surface area contributed by atoms with E-state index in [0.29, 0.717) is 10.0 Å². The van der Waals surface area contributed by atoms with Crippen LogP contribution in [-0.2, 0) is 16.8 Å². The first-order valence-corrected chi connectivity index (χ1v) is 9.58. The molecule has 8 heteroatoms. The largest absolute Gasteiger partial charge is 0.441 e. The molecule has 0 fully saturated rings. The molecule has 0 atom stereocenters. The van der Waals surface area contributed by atoms with Crippen LogP contribution in [-0.4, -0.2) is 10.9 Å². The first-order valence-electron chi connectivity index (χ1n) is 8.82. The molecular formula is C21H18Cl2F2N2O2. The van der Waals surface area contributed by atoms with Crippen LogP contribution in [0.2, 0.25) is 10.0 Å². The molecule has 0 saturated heterocycles. The number of rotatable bonds is 6. The van der Waals surface area contributed by atoms with Gasteiger partial charge in [0.2, 0.25) is 5.91 Å². The highest BCUT2D eigenvalue weighted by molar-refractivity contribution is 6.42. The van der Waals surface area contributed by atoms with Crippen molar-refractivity contribution in [3.05, 3.63) is 75.7 Å². The van der Waals surface area contributed by atoms with E-state index in [-0.39, 0.29) is 36.0 Å². The van der Waals surface area contributed by atoms with Crippen LogP contribution in [0, 0.1) is 11.6 Å². The van der Waals surface area contributed by atoms with Gasteiger partial charge in [-0.15, -0.1) is 0 Å². The number of nitrogens with zero attached hydrogens (tertiary/aromatic N) is 1. The number of hydrogen-bond acceptors (Lipinski definition) is 3. The van der Waals surface area contributed by atoms with Gasteiger partial charge < -0.3 is 9.73 Å². The van der Waals surface area contributed by atoms with Gasteiger partial charge in [-0.05, 0) is 43.7 Å². The monoisotopic (exact) mass is 438 g/mol. The van der Waals surface area contributed by atoms with Crippen LogP contribution >= 0.6 is 23.2 Å². The second-order valence-electron chi connectivity index (χ2n) is 7.04. The lowest BCUT2D eigenvalue weighted by molar-refractivity contribution is -0.122. The van der Waals surface area contributed by atoms with E-state index < -0.39 is 17.2 Å². The van der Waals surface area contributed by atoms with E-state index in [1.54, 1.807) is 18.2 Å². The number of hydrogen-bond donors (Lipinski definition) is 1. The summed E-state index contributed by atoms with van der Waals surface area (Å²) in [5, 5.41) is 3.78. The Labute approximate surface area is 176 Å². The Morgan fingerprint density at radius 2 is 1.90 bits per heavy atom. The third-order valence-electron chi connectivity index (χ3n) is 4.41. The zero-order chi connectivity index (χ0) is 21.2. The van der Waals surface area contributed by atoms with Crippen molar-refractivity contribution in [2.24, 2.45) is 0 Å². The molecule has 2 aromatic carbocycles. The van der Waals surface area contributed by atoms with Crippen molar-refractivity contribution in [1.29, 1.82) is 0 Å². The molecule has 3 aromatic rings. The van der Waals surface area contributed by atoms with Gasteiger partial charge in [-0.25, -0.2) is 13.8 Å². The molecule has 0 spiro atoms. The summed E-state index contributed by atoms with van der Waals surface area (Å²) in [6, 6.07) is 8.38. The van der Waals surface area contributed by atoms with E-state index in [9.17, 15) is 13.6 Å². The average Bonchev–Trinajstić information content (AvgIpc) is 3.10. The van der Waals surface area contributed by atoms with Gasteiger partial charge in [-0.3, -0.25) is 4.79 Å². The van der Waals surface area contributed by atoms with E-state index in [4.69, 9.17) is 27.6 Å². The smallest absolute Gasteiger partial charge is 0.221 e. The number of carbonyl (C=O) groups is 1. The maximum atomic E-state index is 13.9. The Hall–Kier alpha value is -2.44. The van der Waals surface area contributed by atoms with Gasteiger partial charge in [0.05, 0.1) is 27.3 Å². The molecule has 0 aliphatic carbocycles. The van der Waals surface area contributed by atoms with Crippen LogP contribution in [0.15, 0.2) is 47.0 Å². The van der Waals surface area contributed by atoms with E-state index >= 15 is 0 Å². The molecule has 0 aliphatic heterocycles. The minimum absolute atomic E-state index is 0.107. The molecule has 3 rings (SSSR count). The topological polar surface area (TPSA) is 55.1 Å². The van der Waals surface area contributed by atoms with Crippen LogP contribution in [0.5, 0.6) is 0 Å². The maximum Gasteiger partial charge on any atom is 0.221 e. The normalized spacial score (nSPS) is 11.5. The van der Waals surface area contributed by atoms with Crippen molar-refractivity contribution in [1.82, 2.24) is 10.3 Å². The fourth-order valence-electron chi connectivity index (χ4n) is 2.83. The number of aryl methyl sites for hydroxylation is 1. The van der Waals surface area contributed by atoms with E-state index in [1.165, 1.54) is 12.3 Å². The van der Waals surface area contributed by atoms with Crippen molar-refractivity contribution in [2.75, 3.05) is 0 Å². The summed E-state index contributed by atoms with van der Waals surface area (Å²) in [5.74, 6) is -1.17. The van der Waals surface area contributed by atoms with Crippen LogP contribution in [0.4, 0.5) is 8.78 Å². The zero-order valence-corrected chi connectivity index (χ0v) is 17.2. The Kier molecular flexibility index (Phi) is 6.24. The zero-order valence-electron chi connectivity index (χ0n) is 15.7. The molecule has 0 radical (unpaired) electrons. The van der Waals surface area contributed by atoms with Crippen molar-refractivity contribution >= 4 is 29.1 Å². The number of amides is 1. The molecule has 0 bridgehead atoms.